The van der Waals surface area contributed by atoms with Crippen LogP contribution in [0.15, 0.2) is 34.6 Å². The average Bonchev–Trinajstić information content (AvgIpc) is 2.69. The van der Waals surface area contributed by atoms with Crippen LogP contribution in [0.3, 0.4) is 0 Å². The predicted octanol–water partition coefficient (Wildman–Crippen LogP) is 2.21. The van der Waals surface area contributed by atoms with Crippen molar-refractivity contribution in [3.63, 3.8) is 0 Å². The molecule has 0 spiro atoms. The molecule has 2 aromatic rings. The van der Waals surface area contributed by atoms with Crippen molar-refractivity contribution in [3.8, 4) is 0 Å². The molecule has 0 aliphatic rings. The van der Waals surface area contributed by atoms with Crippen molar-refractivity contribution >= 4 is 23.6 Å². The van der Waals surface area contributed by atoms with Crippen molar-refractivity contribution < 1.29 is 0 Å². The zero-order valence-corrected chi connectivity index (χ0v) is 9.61. The van der Waals surface area contributed by atoms with Crippen LogP contribution in [0.4, 0.5) is 0 Å². The normalized spacial score (nSPS) is 10.4. The van der Waals surface area contributed by atoms with Crippen molar-refractivity contribution in [2.45, 2.75) is 13.0 Å². The van der Waals surface area contributed by atoms with Gasteiger partial charge in [0.15, 0.2) is 4.77 Å². The maximum atomic E-state index is 10.9. The van der Waals surface area contributed by atoms with Gasteiger partial charge in [0.25, 0.3) is 5.56 Å². The van der Waals surface area contributed by atoms with Crippen molar-refractivity contribution in [2.75, 3.05) is 0 Å². The van der Waals surface area contributed by atoms with Crippen LogP contribution < -0.4 is 5.56 Å². The van der Waals surface area contributed by atoms with Crippen molar-refractivity contribution in [2.24, 2.45) is 0 Å². The second-order valence-corrected chi connectivity index (χ2v) is 4.55. The second kappa shape index (κ2) is 4.55. The van der Waals surface area contributed by atoms with E-state index in [-0.39, 0.29) is 5.56 Å². The highest BCUT2D eigenvalue weighted by Gasteiger charge is 1.96. The molecule has 0 saturated heterocycles. The fourth-order valence-electron chi connectivity index (χ4n) is 1.31. The Balaban J connectivity index is 2.12. The Morgan fingerprint density at radius 3 is 3.00 bits per heavy atom. The summed E-state index contributed by atoms with van der Waals surface area (Å²) >= 11 is 6.78. The molecule has 2 aromatic heterocycles. The van der Waals surface area contributed by atoms with Crippen LogP contribution in [0.1, 0.15) is 4.88 Å². The summed E-state index contributed by atoms with van der Waals surface area (Å²) in [4.78, 5) is 14.9. The second-order valence-electron chi connectivity index (χ2n) is 3.13. The van der Waals surface area contributed by atoms with Crippen LogP contribution in [0, 0.1) is 4.77 Å². The molecule has 3 nitrogen and oxygen atoms in total. The molecule has 15 heavy (non-hydrogen) atoms. The predicted molar refractivity (Wildman–Crippen MR) is 63.9 cm³/mol. The van der Waals surface area contributed by atoms with Gasteiger partial charge in [-0.3, -0.25) is 9.78 Å². The van der Waals surface area contributed by atoms with Crippen molar-refractivity contribution in [3.05, 3.63) is 49.8 Å². The van der Waals surface area contributed by atoms with E-state index in [0.29, 0.717) is 4.77 Å². The number of hydrogen-bond donors (Lipinski definition) is 1. The van der Waals surface area contributed by atoms with E-state index >= 15 is 0 Å². The third-order valence-electron chi connectivity index (χ3n) is 2.08. The van der Waals surface area contributed by atoms with Gasteiger partial charge in [0, 0.05) is 23.7 Å². The number of aromatic nitrogens is 2. The van der Waals surface area contributed by atoms with E-state index in [4.69, 9.17) is 12.2 Å². The van der Waals surface area contributed by atoms with Crippen molar-refractivity contribution in [1.29, 1.82) is 0 Å². The molecular weight excluding hydrogens is 228 g/mol. The first-order chi connectivity index (χ1) is 7.25. The quantitative estimate of drug-likeness (QED) is 0.832. The van der Waals surface area contributed by atoms with Gasteiger partial charge in [0.2, 0.25) is 0 Å². The van der Waals surface area contributed by atoms with E-state index < -0.39 is 0 Å². The van der Waals surface area contributed by atoms with Crippen LogP contribution in [0.2, 0.25) is 0 Å². The first-order valence-corrected chi connectivity index (χ1v) is 5.86. The first-order valence-electron chi connectivity index (χ1n) is 4.58. The molecule has 0 saturated carbocycles. The molecule has 0 fully saturated rings. The zero-order chi connectivity index (χ0) is 10.7. The van der Waals surface area contributed by atoms with Gasteiger partial charge in [-0.05, 0) is 30.1 Å². The standard InChI is InChI=1S/C10H10N2OS2/c13-9-4-6-12(10(14)11-9)5-3-8-2-1-7-15-8/h1-2,4,6-7H,3,5H2,(H,11,13,14). The summed E-state index contributed by atoms with van der Waals surface area (Å²) in [5.41, 5.74) is -0.146. The van der Waals surface area contributed by atoms with Crippen LogP contribution in [-0.2, 0) is 13.0 Å². The van der Waals surface area contributed by atoms with Gasteiger partial charge < -0.3 is 4.57 Å². The molecule has 0 aromatic carbocycles. The number of rotatable bonds is 3. The van der Waals surface area contributed by atoms with E-state index in [0.717, 1.165) is 13.0 Å². The van der Waals surface area contributed by atoms with Gasteiger partial charge in [-0.25, -0.2) is 0 Å². The Morgan fingerprint density at radius 1 is 1.47 bits per heavy atom. The highest BCUT2D eigenvalue weighted by molar-refractivity contribution is 7.71. The molecule has 0 atom stereocenters. The fourth-order valence-corrected chi connectivity index (χ4v) is 2.26. The summed E-state index contributed by atoms with van der Waals surface area (Å²) in [7, 11) is 0. The Labute approximate surface area is 96.0 Å². The Hall–Kier alpha value is -1.20. The van der Waals surface area contributed by atoms with Crippen LogP contribution >= 0.6 is 23.6 Å². The molecule has 2 heterocycles. The molecule has 0 bridgehead atoms. The lowest BCUT2D eigenvalue weighted by atomic mass is 10.3. The first kappa shape index (κ1) is 10.3. The van der Waals surface area contributed by atoms with E-state index in [2.05, 4.69) is 16.4 Å². The molecule has 2 rings (SSSR count). The fraction of sp³-hybridized carbons (Fsp3) is 0.200. The number of hydrogen-bond acceptors (Lipinski definition) is 3. The molecule has 0 unspecified atom stereocenters. The number of H-pyrrole nitrogens is 1. The van der Waals surface area contributed by atoms with Crippen molar-refractivity contribution in [1.82, 2.24) is 9.55 Å². The lowest BCUT2D eigenvalue weighted by Gasteiger charge is -2.03. The maximum absolute atomic E-state index is 10.9. The van der Waals surface area contributed by atoms with Gasteiger partial charge in [-0.2, -0.15) is 0 Å². The Kier molecular flexibility index (Phi) is 3.13. The minimum Gasteiger partial charge on any atom is -0.325 e. The topological polar surface area (TPSA) is 37.8 Å². The third-order valence-corrected chi connectivity index (χ3v) is 3.35. The molecule has 0 radical (unpaired) electrons. The smallest absolute Gasteiger partial charge is 0.251 e. The third kappa shape index (κ3) is 2.64. The molecular formula is C10H10N2OS2. The summed E-state index contributed by atoms with van der Waals surface area (Å²) in [5.74, 6) is 0. The highest BCUT2D eigenvalue weighted by Crippen LogP contribution is 2.09. The summed E-state index contributed by atoms with van der Waals surface area (Å²) in [6.45, 7) is 0.802. The van der Waals surface area contributed by atoms with E-state index in [1.165, 1.54) is 10.9 Å². The van der Waals surface area contributed by atoms with Crippen LogP contribution in [-0.4, -0.2) is 9.55 Å². The van der Waals surface area contributed by atoms with E-state index in [1.54, 1.807) is 17.5 Å². The number of aryl methyl sites for hydroxylation is 2. The Morgan fingerprint density at radius 2 is 2.33 bits per heavy atom. The highest BCUT2D eigenvalue weighted by atomic mass is 32.1. The number of aromatic amines is 1. The maximum Gasteiger partial charge on any atom is 0.251 e. The lowest BCUT2D eigenvalue weighted by Crippen LogP contribution is -2.11. The van der Waals surface area contributed by atoms with Crippen LogP contribution in [0.5, 0.6) is 0 Å². The molecule has 78 valence electrons. The van der Waals surface area contributed by atoms with Gasteiger partial charge in [0.05, 0.1) is 0 Å². The minimum atomic E-state index is -0.146. The number of thiophene rings is 1. The van der Waals surface area contributed by atoms with Gasteiger partial charge in [0.1, 0.15) is 0 Å². The summed E-state index contributed by atoms with van der Waals surface area (Å²) in [6, 6.07) is 5.62. The average molecular weight is 238 g/mol. The minimum absolute atomic E-state index is 0.146. The number of nitrogens with zero attached hydrogens (tertiary/aromatic N) is 1. The Bertz CT molecular complexity index is 539. The van der Waals surface area contributed by atoms with E-state index in [1.807, 2.05) is 10.6 Å². The summed E-state index contributed by atoms with van der Waals surface area (Å²) in [5, 5.41) is 2.06. The number of nitrogens with one attached hydrogen (secondary N) is 1. The van der Waals surface area contributed by atoms with Crippen LogP contribution in [0.25, 0.3) is 0 Å². The molecule has 0 amide bonds. The summed E-state index contributed by atoms with van der Waals surface area (Å²) < 4.78 is 2.36. The summed E-state index contributed by atoms with van der Waals surface area (Å²) in [6.07, 6.45) is 2.67. The van der Waals surface area contributed by atoms with Gasteiger partial charge in [-0.15, -0.1) is 11.3 Å². The van der Waals surface area contributed by atoms with E-state index in [9.17, 15) is 4.79 Å². The molecule has 0 aliphatic carbocycles. The molecule has 1 N–H and O–H groups in total. The largest absolute Gasteiger partial charge is 0.325 e. The van der Waals surface area contributed by atoms with Gasteiger partial charge >= 0.3 is 0 Å². The van der Waals surface area contributed by atoms with Gasteiger partial charge in [-0.1, -0.05) is 6.07 Å². The zero-order valence-electron chi connectivity index (χ0n) is 7.97. The molecule has 0 aliphatic heterocycles. The monoisotopic (exact) mass is 238 g/mol. The lowest BCUT2D eigenvalue weighted by molar-refractivity contribution is 0.667. The molecule has 5 heteroatoms. The SMILES string of the molecule is O=c1ccn(CCc2cccs2)c(=S)[nH]1.